The van der Waals surface area contributed by atoms with Crippen LogP contribution in [-0.4, -0.2) is 33.2 Å². The van der Waals surface area contributed by atoms with Gasteiger partial charge in [0, 0.05) is 6.54 Å². The molecular formula is C17H28N2O3S. The molecule has 1 aromatic rings. The maximum atomic E-state index is 12.3. The van der Waals surface area contributed by atoms with Crippen molar-refractivity contribution in [3.63, 3.8) is 0 Å². The molecule has 0 bridgehead atoms. The number of carbonyl (C=O) groups excluding carboxylic acids is 1. The summed E-state index contributed by atoms with van der Waals surface area (Å²) in [5.74, 6) is 0.200. The van der Waals surface area contributed by atoms with Crippen molar-refractivity contribution in [2.45, 2.75) is 47.1 Å². The van der Waals surface area contributed by atoms with Crippen molar-refractivity contribution in [2.75, 3.05) is 17.1 Å². The molecule has 23 heavy (non-hydrogen) atoms. The summed E-state index contributed by atoms with van der Waals surface area (Å²) in [5.41, 5.74) is 2.59. The Balaban J connectivity index is 3.02. The lowest BCUT2D eigenvalue weighted by atomic mass is 10.1. The topological polar surface area (TPSA) is 66.5 Å². The van der Waals surface area contributed by atoms with Gasteiger partial charge in [0.2, 0.25) is 15.9 Å². The molecule has 1 aromatic carbocycles. The molecule has 6 heteroatoms. The van der Waals surface area contributed by atoms with Crippen LogP contribution < -0.4 is 9.62 Å². The van der Waals surface area contributed by atoms with E-state index in [1.165, 1.54) is 4.31 Å². The van der Waals surface area contributed by atoms with E-state index >= 15 is 0 Å². The molecule has 0 aromatic heterocycles. The molecule has 0 radical (unpaired) electrons. The average molecular weight is 340 g/mol. The van der Waals surface area contributed by atoms with Crippen molar-refractivity contribution in [1.29, 1.82) is 0 Å². The Morgan fingerprint density at radius 3 is 2.26 bits per heavy atom. The number of rotatable bonds is 7. The summed E-state index contributed by atoms with van der Waals surface area (Å²) in [6, 6.07) is 4.61. The smallest absolute Gasteiger partial charge is 0.243 e. The van der Waals surface area contributed by atoms with Gasteiger partial charge in [-0.1, -0.05) is 19.9 Å². The van der Waals surface area contributed by atoms with Gasteiger partial charge in [-0.15, -0.1) is 0 Å². The second-order valence-electron chi connectivity index (χ2n) is 6.48. The number of amides is 1. The molecule has 0 heterocycles. The zero-order chi connectivity index (χ0) is 17.8. The molecule has 0 aliphatic carbocycles. The van der Waals surface area contributed by atoms with Crippen molar-refractivity contribution in [3.8, 4) is 0 Å². The van der Waals surface area contributed by atoms with Crippen LogP contribution in [0.4, 0.5) is 5.69 Å². The number of benzene rings is 1. The highest BCUT2D eigenvalue weighted by molar-refractivity contribution is 7.92. The number of hydrogen-bond acceptors (Lipinski definition) is 3. The van der Waals surface area contributed by atoms with E-state index in [1.54, 1.807) is 19.1 Å². The number of carbonyl (C=O) groups is 1. The van der Waals surface area contributed by atoms with E-state index in [-0.39, 0.29) is 5.91 Å². The maximum Gasteiger partial charge on any atom is 0.243 e. The average Bonchev–Trinajstić information content (AvgIpc) is 2.40. The highest BCUT2D eigenvalue weighted by Crippen LogP contribution is 2.23. The van der Waals surface area contributed by atoms with Crippen LogP contribution in [0, 0.1) is 19.8 Å². The van der Waals surface area contributed by atoms with Gasteiger partial charge >= 0.3 is 0 Å². The van der Waals surface area contributed by atoms with Crippen LogP contribution in [0.3, 0.4) is 0 Å². The Labute approximate surface area is 140 Å². The van der Waals surface area contributed by atoms with Gasteiger partial charge in [-0.05, 0) is 56.4 Å². The quantitative estimate of drug-likeness (QED) is 0.830. The first-order chi connectivity index (χ1) is 10.5. The van der Waals surface area contributed by atoms with Crippen LogP contribution in [-0.2, 0) is 14.8 Å². The summed E-state index contributed by atoms with van der Waals surface area (Å²) in [6.45, 7) is 10.2. The molecule has 0 saturated carbocycles. The van der Waals surface area contributed by atoms with Crippen molar-refractivity contribution in [3.05, 3.63) is 29.3 Å². The van der Waals surface area contributed by atoms with Crippen LogP contribution >= 0.6 is 0 Å². The molecule has 1 N–H and O–H groups in total. The largest absolute Gasteiger partial charge is 0.354 e. The Kier molecular flexibility index (Phi) is 6.62. The highest BCUT2D eigenvalue weighted by atomic mass is 32.2. The molecule has 0 saturated heterocycles. The molecule has 130 valence electrons. The highest BCUT2D eigenvalue weighted by Gasteiger charge is 2.29. The molecule has 0 aliphatic heterocycles. The standard InChI is InChI=1S/C17H28N2O3S/c1-12(2)9-10-18-17(20)15(5)19(23(6,21)22)16-8-7-13(3)14(4)11-16/h7-8,11-12,15H,9-10H2,1-6H3,(H,18,20)/t15-/m0/s1. The van der Waals surface area contributed by atoms with Gasteiger partial charge in [-0.3, -0.25) is 9.10 Å². The van der Waals surface area contributed by atoms with E-state index in [1.807, 2.05) is 19.9 Å². The second-order valence-corrected chi connectivity index (χ2v) is 8.34. The zero-order valence-corrected chi connectivity index (χ0v) is 15.7. The Morgan fingerprint density at radius 2 is 1.78 bits per heavy atom. The fourth-order valence-corrected chi connectivity index (χ4v) is 3.47. The third-order valence-corrected chi connectivity index (χ3v) is 5.10. The third kappa shape index (κ3) is 5.53. The van der Waals surface area contributed by atoms with Gasteiger partial charge < -0.3 is 5.32 Å². The number of sulfonamides is 1. The van der Waals surface area contributed by atoms with Crippen molar-refractivity contribution >= 4 is 21.6 Å². The summed E-state index contributed by atoms with van der Waals surface area (Å²) in [6.07, 6.45) is 1.99. The summed E-state index contributed by atoms with van der Waals surface area (Å²) in [4.78, 5) is 12.3. The van der Waals surface area contributed by atoms with Crippen molar-refractivity contribution < 1.29 is 13.2 Å². The minimum atomic E-state index is -3.56. The minimum Gasteiger partial charge on any atom is -0.354 e. The lowest BCUT2D eigenvalue weighted by Crippen LogP contribution is -2.48. The second kappa shape index (κ2) is 7.81. The monoisotopic (exact) mass is 340 g/mol. The van der Waals surface area contributed by atoms with Crippen LogP contribution in [0.15, 0.2) is 18.2 Å². The summed E-state index contributed by atoms with van der Waals surface area (Å²) < 4.78 is 25.6. The minimum absolute atomic E-state index is 0.283. The van der Waals surface area contributed by atoms with Gasteiger partial charge in [-0.2, -0.15) is 0 Å². The third-order valence-electron chi connectivity index (χ3n) is 3.85. The summed E-state index contributed by atoms with van der Waals surface area (Å²) in [7, 11) is -3.56. The zero-order valence-electron chi connectivity index (χ0n) is 14.9. The number of hydrogen-bond donors (Lipinski definition) is 1. The Morgan fingerprint density at radius 1 is 1.17 bits per heavy atom. The van der Waals surface area contributed by atoms with E-state index in [0.717, 1.165) is 23.8 Å². The van der Waals surface area contributed by atoms with Crippen LogP contribution in [0.5, 0.6) is 0 Å². The molecule has 0 unspecified atom stereocenters. The predicted molar refractivity (Wildman–Crippen MR) is 95.2 cm³/mol. The molecule has 0 aliphatic rings. The fraction of sp³-hybridized carbons (Fsp3) is 0.588. The molecule has 5 nitrogen and oxygen atoms in total. The number of anilines is 1. The van der Waals surface area contributed by atoms with Crippen LogP contribution in [0.2, 0.25) is 0 Å². The van der Waals surface area contributed by atoms with E-state index in [4.69, 9.17) is 0 Å². The fourth-order valence-electron chi connectivity index (χ4n) is 2.30. The predicted octanol–water partition coefficient (Wildman–Crippen LogP) is 2.62. The Hall–Kier alpha value is -1.56. The van der Waals surface area contributed by atoms with Crippen LogP contribution in [0.1, 0.15) is 38.3 Å². The van der Waals surface area contributed by atoms with Gasteiger partial charge in [0.15, 0.2) is 0 Å². The number of aryl methyl sites for hydroxylation is 2. The molecule has 1 amide bonds. The summed E-state index contributed by atoms with van der Waals surface area (Å²) >= 11 is 0. The van der Waals surface area contributed by atoms with E-state index < -0.39 is 16.1 Å². The first kappa shape index (κ1) is 19.5. The molecular weight excluding hydrogens is 312 g/mol. The molecule has 1 rings (SSSR count). The van der Waals surface area contributed by atoms with Gasteiger partial charge in [-0.25, -0.2) is 8.42 Å². The van der Waals surface area contributed by atoms with Gasteiger partial charge in [0.05, 0.1) is 11.9 Å². The van der Waals surface area contributed by atoms with Crippen LogP contribution in [0.25, 0.3) is 0 Å². The molecule has 0 spiro atoms. The van der Waals surface area contributed by atoms with Gasteiger partial charge in [0.1, 0.15) is 6.04 Å². The normalized spacial score (nSPS) is 13.0. The Bertz CT molecular complexity index is 654. The van der Waals surface area contributed by atoms with E-state index in [2.05, 4.69) is 19.2 Å². The van der Waals surface area contributed by atoms with E-state index in [9.17, 15) is 13.2 Å². The lowest BCUT2D eigenvalue weighted by molar-refractivity contribution is -0.121. The lowest BCUT2D eigenvalue weighted by Gasteiger charge is -2.28. The maximum absolute atomic E-state index is 12.3. The first-order valence-corrected chi connectivity index (χ1v) is 9.73. The molecule has 1 atom stereocenters. The first-order valence-electron chi connectivity index (χ1n) is 7.88. The van der Waals surface area contributed by atoms with Gasteiger partial charge in [0.25, 0.3) is 0 Å². The SMILES string of the molecule is Cc1ccc(N([C@@H](C)C(=O)NCCC(C)C)S(C)(=O)=O)cc1C. The van der Waals surface area contributed by atoms with E-state index in [0.29, 0.717) is 18.2 Å². The molecule has 0 fully saturated rings. The summed E-state index contributed by atoms with van der Waals surface area (Å²) in [5, 5.41) is 2.82. The number of nitrogens with one attached hydrogen (secondary N) is 1. The van der Waals surface area contributed by atoms with Crippen molar-refractivity contribution in [2.24, 2.45) is 5.92 Å². The van der Waals surface area contributed by atoms with Crippen molar-refractivity contribution in [1.82, 2.24) is 5.32 Å². The number of nitrogens with zero attached hydrogens (tertiary/aromatic N) is 1.